The van der Waals surface area contributed by atoms with Gasteiger partial charge in [0.1, 0.15) is 22.3 Å². The molecule has 114 valence electrons. The first kappa shape index (κ1) is 15.9. The van der Waals surface area contributed by atoms with Crippen molar-refractivity contribution in [1.29, 1.82) is 5.26 Å². The summed E-state index contributed by atoms with van der Waals surface area (Å²) in [6, 6.07) is 5.31. The van der Waals surface area contributed by atoms with Crippen molar-refractivity contribution < 1.29 is 12.8 Å². The molecule has 1 aromatic carbocycles. The van der Waals surface area contributed by atoms with E-state index in [-0.39, 0.29) is 10.8 Å². The second kappa shape index (κ2) is 6.52. The molecule has 2 rings (SSSR count). The fourth-order valence-corrected chi connectivity index (χ4v) is 3.92. The Balaban J connectivity index is 2.25. The van der Waals surface area contributed by atoms with Gasteiger partial charge in [-0.05, 0) is 44.0 Å². The van der Waals surface area contributed by atoms with Crippen LogP contribution in [0.5, 0.6) is 0 Å². The maximum Gasteiger partial charge on any atom is 0.244 e. The van der Waals surface area contributed by atoms with E-state index in [4.69, 9.17) is 5.26 Å². The minimum atomic E-state index is -3.85. The van der Waals surface area contributed by atoms with Crippen LogP contribution in [0.1, 0.15) is 18.4 Å². The van der Waals surface area contributed by atoms with E-state index in [1.165, 1.54) is 23.5 Å². The molecule has 1 N–H and O–H groups in total. The van der Waals surface area contributed by atoms with Crippen LogP contribution in [0.4, 0.5) is 4.39 Å². The molecule has 7 heteroatoms. The quantitative estimate of drug-likeness (QED) is 0.910. The molecule has 0 aromatic heterocycles. The Hall–Kier alpha value is -1.49. The van der Waals surface area contributed by atoms with Crippen LogP contribution in [0.15, 0.2) is 23.1 Å². The van der Waals surface area contributed by atoms with Crippen molar-refractivity contribution in [1.82, 2.24) is 9.62 Å². The summed E-state index contributed by atoms with van der Waals surface area (Å²) >= 11 is 0. The molecule has 0 amide bonds. The summed E-state index contributed by atoms with van der Waals surface area (Å²) in [5.41, 5.74) is -0.422. The number of sulfonamides is 1. The van der Waals surface area contributed by atoms with Gasteiger partial charge in [0.15, 0.2) is 0 Å². The molecular weight excluding hydrogens is 293 g/mol. The van der Waals surface area contributed by atoms with E-state index in [9.17, 15) is 12.8 Å². The van der Waals surface area contributed by atoms with Crippen LogP contribution < -0.4 is 5.32 Å². The van der Waals surface area contributed by atoms with Crippen molar-refractivity contribution in [3.8, 4) is 6.07 Å². The highest BCUT2D eigenvalue weighted by atomic mass is 32.2. The van der Waals surface area contributed by atoms with Gasteiger partial charge in [-0.15, -0.1) is 0 Å². The van der Waals surface area contributed by atoms with Gasteiger partial charge in [0.05, 0.1) is 0 Å². The van der Waals surface area contributed by atoms with E-state index in [1.807, 2.05) is 0 Å². The minimum Gasteiger partial charge on any atom is -0.317 e. The second-order valence-electron chi connectivity index (χ2n) is 5.20. The number of benzene rings is 1. The molecule has 5 nitrogen and oxygen atoms in total. The van der Waals surface area contributed by atoms with Crippen LogP contribution in [0.25, 0.3) is 0 Å². The van der Waals surface area contributed by atoms with Crippen molar-refractivity contribution in [3.05, 3.63) is 29.6 Å². The Bertz CT molecular complexity index is 649. The summed E-state index contributed by atoms with van der Waals surface area (Å²) in [5, 5.41) is 12.2. The van der Waals surface area contributed by atoms with Crippen LogP contribution in [0.3, 0.4) is 0 Å². The Morgan fingerprint density at radius 3 is 2.71 bits per heavy atom. The zero-order valence-electron chi connectivity index (χ0n) is 11.8. The summed E-state index contributed by atoms with van der Waals surface area (Å²) < 4.78 is 39.9. The van der Waals surface area contributed by atoms with Crippen LogP contribution in [0, 0.1) is 23.1 Å². The third kappa shape index (κ3) is 3.40. The third-order valence-electron chi connectivity index (χ3n) is 3.75. The van der Waals surface area contributed by atoms with Gasteiger partial charge in [-0.1, -0.05) is 6.07 Å². The van der Waals surface area contributed by atoms with Gasteiger partial charge in [0.2, 0.25) is 10.0 Å². The highest BCUT2D eigenvalue weighted by molar-refractivity contribution is 7.89. The topological polar surface area (TPSA) is 73.2 Å². The molecule has 1 aliphatic rings. The van der Waals surface area contributed by atoms with Crippen molar-refractivity contribution in [2.24, 2.45) is 5.92 Å². The lowest BCUT2D eigenvalue weighted by molar-refractivity contribution is 0.311. The molecule has 1 fully saturated rings. The Kier molecular flexibility index (Phi) is 4.93. The van der Waals surface area contributed by atoms with E-state index in [1.54, 1.807) is 6.07 Å². The average Bonchev–Trinajstić information content (AvgIpc) is 2.48. The van der Waals surface area contributed by atoms with Gasteiger partial charge in [0, 0.05) is 13.6 Å². The molecule has 1 aliphatic heterocycles. The van der Waals surface area contributed by atoms with E-state index in [2.05, 4.69) is 5.32 Å². The van der Waals surface area contributed by atoms with E-state index < -0.39 is 21.4 Å². The van der Waals surface area contributed by atoms with Crippen LogP contribution in [-0.2, 0) is 10.0 Å². The van der Waals surface area contributed by atoms with Crippen molar-refractivity contribution in [2.75, 3.05) is 26.7 Å². The van der Waals surface area contributed by atoms with E-state index >= 15 is 0 Å². The molecule has 0 spiro atoms. The van der Waals surface area contributed by atoms with E-state index in [0.29, 0.717) is 6.54 Å². The lowest BCUT2D eigenvalue weighted by Gasteiger charge is -2.27. The molecule has 0 bridgehead atoms. The van der Waals surface area contributed by atoms with Gasteiger partial charge < -0.3 is 5.32 Å². The maximum absolute atomic E-state index is 13.6. The summed E-state index contributed by atoms with van der Waals surface area (Å²) in [6.07, 6.45) is 1.82. The number of rotatable bonds is 4. The number of halogens is 1. The molecule has 1 aromatic rings. The van der Waals surface area contributed by atoms with Gasteiger partial charge in [-0.25, -0.2) is 17.1 Å². The predicted octanol–water partition coefficient (Wildman–Crippen LogP) is 1.32. The van der Waals surface area contributed by atoms with Gasteiger partial charge in [0.25, 0.3) is 0 Å². The zero-order chi connectivity index (χ0) is 15.5. The minimum absolute atomic E-state index is 0.263. The molecule has 0 unspecified atom stereocenters. The van der Waals surface area contributed by atoms with E-state index in [0.717, 1.165) is 32.0 Å². The third-order valence-corrected chi connectivity index (χ3v) is 5.62. The second-order valence-corrected chi connectivity index (χ2v) is 7.22. The SMILES string of the molecule is CN(CC1CCNCC1)S(=O)(=O)c1cccc(F)c1C#N. The van der Waals surface area contributed by atoms with Gasteiger partial charge in [-0.2, -0.15) is 5.26 Å². The molecule has 0 atom stereocenters. The first-order valence-electron chi connectivity index (χ1n) is 6.82. The smallest absolute Gasteiger partial charge is 0.244 e. The number of piperidine rings is 1. The van der Waals surface area contributed by atoms with Crippen molar-refractivity contribution in [2.45, 2.75) is 17.7 Å². The first-order valence-corrected chi connectivity index (χ1v) is 8.26. The summed E-state index contributed by atoms with van der Waals surface area (Å²) in [5.74, 6) is -0.529. The lowest BCUT2D eigenvalue weighted by Crippen LogP contribution is -2.37. The number of nitrogens with one attached hydrogen (secondary N) is 1. The van der Waals surface area contributed by atoms with Crippen molar-refractivity contribution in [3.63, 3.8) is 0 Å². The summed E-state index contributed by atoms with van der Waals surface area (Å²) in [4.78, 5) is -0.263. The Morgan fingerprint density at radius 1 is 1.43 bits per heavy atom. The molecule has 21 heavy (non-hydrogen) atoms. The van der Waals surface area contributed by atoms with Crippen LogP contribution in [-0.4, -0.2) is 39.4 Å². The van der Waals surface area contributed by atoms with Crippen molar-refractivity contribution >= 4 is 10.0 Å². The fourth-order valence-electron chi connectivity index (χ4n) is 2.52. The monoisotopic (exact) mass is 311 g/mol. The first-order chi connectivity index (χ1) is 9.96. The number of nitrogens with zero attached hydrogens (tertiary/aromatic N) is 2. The van der Waals surface area contributed by atoms with Crippen LogP contribution in [0.2, 0.25) is 0 Å². The largest absolute Gasteiger partial charge is 0.317 e. The molecule has 1 heterocycles. The van der Waals surface area contributed by atoms with Gasteiger partial charge in [-0.3, -0.25) is 0 Å². The molecule has 0 aliphatic carbocycles. The molecular formula is C14H18FN3O2S. The molecule has 0 radical (unpaired) electrons. The predicted molar refractivity (Wildman–Crippen MR) is 76.5 cm³/mol. The molecule has 0 saturated carbocycles. The lowest BCUT2D eigenvalue weighted by atomic mass is 9.98. The van der Waals surface area contributed by atoms with Crippen LogP contribution >= 0.6 is 0 Å². The summed E-state index contributed by atoms with van der Waals surface area (Å²) in [6.45, 7) is 2.13. The maximum atomic E-state index is 13.6. The normalized spacial score (nSPS) is 16.9. The highest BCUT2D eigenvalue weighted by Gasteiger charge is 2.28. The fraction of sp³-hybridized carbons (Fsp3) is 0.500. The van der Waals surface area contributed by atoms with Gasteiger partial charge >= 0.3 is 0 Å². The number of hydrogen-bond donors (Lipinski definition) is 1. The Labute approximate surface area is 124 Å². The summed E-state index contributed by atoms with van der Waals surface area (Å²) in [7, 11) is -2.38. The Morgan fingerprint density at radius 2 is 2.10 bits per heavy atom. The standard InChI is InChI=1S/C14H18FN3O2S/c1-18(10-11-5-7-17-8-6-11)21(19,20)14-4-2-3-13(15)12(14)9-16/h2-4,11,17H,5-8,10H2,1H3. The zero-order valence-corrected chi connectivity index (χ0v) is 12.7. The molecule has 1 saturated heterocycles. The number of hydrogen-bond acceptors (Lipinski definition) is 4. The number of nitriles is 1. The average molecular weight is 311 g/mol. The highest BCUT2D eigenvalue weighted by Crippen LogP contribution is 2.23.